The van der Waals surface area contributed by atoms with Crippen LogP contribution in [0.25, 0.3) is 0 Å². The van der Waals surface area contributed by atoms with Gasteiger partial charge in [0.05, 0.1) is 32.0 Å². The molecule has 0 fully saturated rings. The van der Waals surface area contributed by atoms with E-state index in [1.807, 2.05) is 6.92 Å². The molecule has 8 heteroatoms. The first-order valence-corrected chi connectivity index (χ1v) is 8.21. The van der Waals surface area contributed by atoms with E-state index in [1.165, 1.54) is 20.4 Å². The van der Waals surface area contributed by atoms with Crippen LogP contribution in [0.1, 0.15) is 38.9 Å². The summed E-state index contributed by atoms with van der Waals surface area (Å²) in [6, 6.07) is 4.89. The second-order valence-corrected chi connectivity index (χ2v) is 5.74. The van der Waals surface area contributed by atoms with Crippen LogP contribution in [0.15, 0.2) is 24.4 Å². The maximum atomic E-state index is 12.4. The highest BCUT2D eigenvalue weighted by molar-refractivity contribution is 5.98. The fourth-order valence-corrected chi connectivity index (χ4v) is 2.80. The zero-order chi connectivity index (χ0) is 18.7. The van der Waals surface area contributed by atoms with Crippen molar-refractivity contribution in [1.29, 1.82) is 0 Å². The van der Waals surface area contributed by atoms with E-state index >= 15 is 0 Å². The number of hydrogen-bond donors (Lipinski definition) is 1. The molecule has 0 bridgehead atoms. The number of hydrogen-bond acceptors (Lipinski definition) is 6. The molecule has 2 aromatic heterocycles. The largest absolute Gasteiger partial charge is 0.481 e. The molecule has 136 valence electrons. The van der Waals surface area contributed by atoms with Crippen LogP contribution in [0, 0.1) is 0 Å². The molecule has 2 aromatic rings. The van der Waals surface area contributed by atoms with E-state index in [2.05, 4.69) is 15.3 Å². The molecule has 2 amide bonds. The smallest absolute Gasteiger partial charge is 0.256 e. The third kappa shape index (κ3) is 3.30. The van der Waals surface area contributed by atoms with Gasteiger partial charge in [-0.3, -0.25) is 9.59 Å². The molecule has 0 spiro atoms. The monoisotopic (exact) mass is 356 g/mol. The molecule has 1 aliphatic rings. The van der Waals surface area contributed by atoms with E-state index in [0.717, 1.165) is 0 Å². The van der Waals surface area contributed by atoms with Gasteiger partial charge in [-0.15, -0.1) is 0 Å². The van der Waals surface area contributed by atoms with E-state index in [1.54, 1.807) is 23.1 Å². The fourth-order valence-electron chi connectivity index (χ4n) is 2.80. The normalized spacial score (nSPS) is 12.7. The van der Waals surface area contributed by atoms with Gasteiger partial charge in [-0.25, -0.2) is 9.97 Å². The van der Waals surface area contributed by atoms with Crippen molar-refractivity contribution in [3.05, 3.63) is 46.8 Å². The first-order chi connectivity index (χ1) is 12.6. The summed E-state index contributed by atoms with van der Waals surface area (Å²) in [4.78, 5) is 34.8. The van der Waals surface area contributed by atoms with Gasteiger partial charge in [0, 0.05) is 36.5 Å². The Kier molecular flexibility index (Phi) is 5.01. The Bertz CT molecular complexity index is 853. The maximum Gasteiger partial charge on any atom is 0.256 e. The number of methoxy groups -OCH3 is 2. The van der Waals surface area contributed by atoms with Crippen LogP contribution in [-0.4, -0.2) is 47.4 Å². The SMILES string of the molecule is CCN1Cc2nc(OC)c(CNC(=O)c3ccnc(OC)c3)cc2C1=O. The third-order valence-electron chi connectivity index (χ3n) is 4.22. The third-order valence-corrected chi connectivity index (χ3v) is 4.22. The summed E-state index contributed by atoms with van der Waals surface area (Å²) in [6.07, 6.45) is 1.50. The molecule has 26 heavy (non-hydrogen) atoms. The Morgan fingerprint density at radius 1 is 1.31 bits per heavy atom. The molecule has 0 radical (unpaired) electrons. The van der Waals surface area contributed by atoms with Crippen molar-refractivity contribution in [3.63, 3.8) is 0 Å². The molecule has 0 unspecified atom stereocenters. The van der Waals surface area contributed by atoms with Crippen molar-refractivity contribution in [3.8, 4) is 11.8 Å². The summed E-state index contributed by atoms with van der Waals surface area (Å²) in [6.45, 7) is 3.20. The quantitative estimate of drug-likeness (QED) is 0.841. The highest BCUT2D eigenvalue weighted by Gasteiger charge is 2.29. The van der Waals surface area contributed by atoms with E-state index in [-0.39, 0.29) is 18.4 Å². The molecule has 3 heterocycles. The van der Waals surface area contributed by atoms with Gasteiger partial charge in [-0.1, -0.05) is 0 Å². The van der Waals surface area contributed by atoms with Crippen LogP contribution >= 0.6 is 0 Å². The molecule has 0 saturated carbocycles. The molecule has 0 aromatic carbocycles. The summed E-state index contributed by atoms with van der Waals surface area (Å²) >= 11 is 0. The van der Waals surface area contributed by atoms with Crippen molar-refractivity contribution >= 4 is 11.8 Å². The van der Waals surface area contributed by atoms with Crippen molar-refractivity contribution < 1.29 is 19.1 Å². The first-order valence-electron chi connectivity index (χ1n) is 8.21. The van der Waals surface area contributed by atoms with Gasteiger partial charge < -0.3 is 19.7 Å². The van der Waals surface area contributed by atoms with Crippen molar-refractivity contribution in [2.75, 3.05) is 20.8 Å². The van der Waals surface area contributed by atoms with Crippen molar-refractivity contribution in [2.24, 2.45) is 0 Å². The predicted molar refractivity (Wildman–Crippen MR) is 93.2 cm³/mol. The first kappa shape index (κ1) is 17.7. The fraction of sp³-hybridized carbons (Fsp3) is 0.333. The van der Waals surface area contributed by atoms with Gasteiger partial charge in [-0.2, -0.15) is 0 Å². The number of aromatic nitrogens is 2. The highest BCUT2D eigenvalue weighted by Crippen LogP contribution is 2.27. The molecule has 1 aliphatic heterocycles. The number of carbonyl (C=O) groups is 2. The van der Waals surface area contributed by atoms with Crippen LogP contribution in [0.5, 0.6) is 11.8 Å². The number of carbonyl (C=O) groups excluding carboxylic acids is 2. The number of nitrogens with zero attached hydrogens (tertiary/aromatic N) is 3. The molecular formula is C18H20N4O4. The second kappa shape index (κ2) is 7.38. The lowest BCUT2D eigenvalue weighted by Gasteiger charge is -2.11. The molecule has 3 rings (SSSR count). The molecule has 0 aliphatic carbocycles. The van der Waals surface area contributed by atoms with Crippen LogP contribution < -0.4 is 14.8 Å². The van der Waals surface area contributed by atoms with Crippen LogP contribution in [0.4, 0.5) is 0 Å². The zero-order valence-corrected chi connectivity index (χ0v) is 14.9. The molecule has 1 N–H and O–H groups in total. The Morgan fingerprint density at radius 2 is 2.12 bits per heavy atom. The number of rotatable bonds is 6. The van der Waals surface area contributed by atoms with E-state index in [4.69, 9.17) is 9.47 Å². The standard InChI is InChI=1S/C18H20N4O4/c1-4-22-10-14-13(18(22)24)7-12(17(21-14)26-3)9-20-16(23)11-5-6-19-15(8-11)25-2/h5-8H,4,9-10H2,1-3H3,(H,20,23). The molecule has 0 saturated heterocycles. The summed E-state index contributed by atoms with van der Waals surface area (Å²) in [7, 11) is 3.00. The lowest BCUT2D eigenvalue weighted by atomic mass is 10.1. The average Bonchev–Trinajstić information content (AvgIpc) is 3.00. The molecule has 8 nitrogen and oxygen atoms in total. The van der Waals surface area contributed by atoms with E-state index < -0.39 is 0 Å². The van der Waals surface area contributed by atoms with Crippen molar-refractivity contribution in [1.82, 2.24) is 20.2 Å². The minimum Gasteiger partial charge on any atom is -0.481 e. The highest BCUT2D eigenvalue weighted by atomic mass is 16.5. The van der Waals surface area contributed by atoms with E-state index in [0.29, 0.717) is 47.2 Å². The maximum absolute atomic E-state index is 12.4. The summed E-state index contributed by atoms with van der Waals surface area (Å²) < 4.78 is 10.4. The Balaban J connectivity index is 1.79. The number of fused-ring (bicyclic) bond motifs is 1. The average molecular weight is 356 g/mol. The van der Waals surface area contributed by atoms with Crippen molar-refractivity contribution in [2.45, 2.75) is 20.0 Å². The predicted octanol–water partition coefficient (Wildman–Crippen LogP) is 1.40. The minimum absolute atomic E-state index is 0.0518. The van der Waals surface area contributed by atoms with Gasteiger partial charge in [0.25, 0.3) is 11.8 Å². The van der Waals surface area contributed by atoms with Gasteiger partial charge in [-0.05, 0) is 19.1 Å². The zero-order valence-electron chi connectivity index (χ0n) is 14.9. The van der Waals surface area contributed by atoms with Crippen LogP contribution in [0.2, 0.25) is 0 Å². The van der Waals surface area contributed by atoms with Gasteiger partial charge in [0.2, 0.25) is 11.8 Å². The molecular weight excluding hydrogens is 336 g/mol. The summed E-state index contributed by atoms with van der Waals surface area (Å²) in [5, 5.41) is 2.81. The second-order valence-electron chi connectivity index (χ2n) is 5.74. The molecule has 0 atom stereocenters. The lowest BCUT2D eigenvalue weighted by Crippen LogP contribution is -2.24. The number of nitrogens with one attached hydrogen (secondary N) is 1. The summed E-state index contributed by atoms with van der Waals surface area (Å²) in [5.74, 6) is 0.431. The lowest BCUT2D eigenvalue weighted by molar-refractivity contribution is 0.0786. The minimum atomic E-state index is -0.283. The van der Waals surface area contributed by atoms with Gasteiger partial charge in [0.15, 0.2) is 0 Å². The Hall–Kier alpha value is -3.16. The topological polar surface area (TPSA) is 93.7 Å². The number of amides is 2. The summed E-state index contributed by atoms with van der Waals surface area (Å²) in [5.41, 5.74) is 2.33. The van der Waals surface area contributed by atoms with Gasteiger partial charge >= 0.3 is 0 Å². The van der Waals surface area contributed by atoms with Crippen LogP contribution in [0.3, 0.4) is 0 Å². The van der Waals surface area contributed by atoms with E-state index in [9.17, 15) is 9.59 Å². The Morgan fingerprint density at radius 3 is 2.81 bits per heavy atom. The van der Waals surface area contributed by atoms with Crippen LogP contribution in [-0.2, 0) is 13.1 Å². The van der Waals surface area contributed by atoms with Gasteiger partial charge in [0.1, 0.15) is 0 Å². The number of ether oxygens (including phenoxy) is 2. The number of pyridine rings is 2. The Labute approximate surface area is 151 Å².